The van der Waals surface area contributed by atoms with Crippen LogP contribution in [0.3, 0.4) is 0 Å². The Labute approximate surface area is 143 Å². The number of halogens is 3. The van der Waals surface area contributed by atoms with Gasteiger partial charge in [-0.2, -0.15) is 0 Å². The van der Waals surface area contributed by atoms with E-state index in [4.69, 9.17) is 39.5 Å². The molecule has 2 rings (SSSR count). The van der Waals surface area contributed by atoms with Crippen molar-refractivity contribution in [3.05, 3.63) is 29.8 Å². The molecule has 1 aliphatic rings. The summed E-state index contributed by atoms with van der Waals surface area (Å²) in [6, 6.07) is 6.50. The number of amides is 2. The van der Waals surface area contributed by atoms with E-state index < -0.39 is 9.70 Å². The second-order valence-corrected chi connectivity index (χ2v) is 7.12. The first-order valence-electron chi connectivity index (χ1n) is 6.75. The summed E-state index contributed by atoms with van der Waals surface area (Å²) in [7, 11) is 0. The molecule has 1 aromatic rings. The molecule has 2 N–H and O–H groups in total. The fourth-order valence-corrected chi connectivity index (χ4v) is 2.23. The molecule has 1 atom stereocenters. The molecule has 0 radical (unpaired) electrons. The first kappa shape index (κ1) is 17.3. The second-order valence-electron chi connectivity index (χ2n) is 4.84. The van der Waals surface area contributed by atoms with Gasteiger partial charge >= 0.3 is 0 Å². The number of nitrogens with one attached hydrogen (secondary N) is 2. The lowest BCUT2D eigenvalue weighted by atomic mass is 10.1. The average molecular weight is 366 g/mol. The van der Waals surface area contributed by atoms with Crippen LogP contribution in [0.25, 0.3) is 0 Å². The van der Waals surface area contributed by atoms with Gasteiger partial charge in [0.1, 0.15) is 0 Å². The number of anilines is 1. The van der Waals surface area contributed by atoms with Gasteiger partial charge in [-0.15, -0.1) is 0 Å². The lowest BCUT2D eigenvalue weighted by Gasteiger charge is -2.15. The fourth-order valence-electron chi connectivity index (χ4n) is 2.09. The molecule has 1 aliphatic heterocycles. The van der Waals surface area contributed by atoms with Crippen LogP contribution < -0.4 is 10.6 Å². The van der Waals surface area contributed by atoms with Gasteiger partial charge in [-0.3, -0.25) is 9.59 Å². The molecule has 1 aromatic carbocycles. The Kier molecular flexibility index (Phi) is 5.92. The molecule has 8 heteroatoms. The highest BCUT2D eigenvalue weighted by molar-refractivity contribution is 6.76. The number of rotatable bonds is 4. The highest BCUT2D eigenvalue weighted by Crippen LogP contribution is 2.28. The van der Waals surface area contributed by atoms with Crippen LogP contribution in [0.2, 0.25) is 0 Å². The van der Waals surface area contributed by atoms with Gasteiger partial charge in [-0.05, 0) is 25.0 Å². The quantitative estimate of drug-likeness (QED) is 0.806. The van der Waals surface area contributed by atoms with Gasteiger partial charge in [0.25, 0.3) is 15.6 Å². The highest BCUT2D eigenvalue weighted by Gasteiger charge is 2.31. The largest absolute Gasteiger partial charge is 0.376 e. The van der Waals surface area contributed by atoms with E-state index in [2.05, 4.69) is 10.6 Å². The molecule has 22 heavy (non-hydrogen) atoms. The Balaban J connectivity index is 2.03. The molecule has 0 aliphatic carbocycles. The average Bonchev–Trinajstić information content (AvgIpc) is 2.97. The van der Waals surface area contributed by atoms with Crippen molar-refractivity contribution in [2.75, 3.05) is 18.5 Å². The number of alkyl halides is 3. The predicted molar refractivity (Wildman–Crippen MR) is 86.7 cm³/mol. The van der Waals surface area contributed by atoms with Crippen LogP contribution in [-0.2, 0) is 9.53 Å². The number of benzene rings is 1. The summed E-state index contributed by atoms with van der Waals surface area (Å²) in [4.78, 5) is 24.0. The van der Waals surface area contributed by atoms with Gasteiger partial charge in [0.05, 0.1) is 17.4 Å². The summed E-state index contributed by atoms with van der Waals surface area (Å²) in [6.07, 6.45) is 1.95. The third-order valence-electron chi connectivity index (χ3n) is 3.19. The van der Waals surface area contributed by atoms with Gasteiger partial charge in [0.2, 0.25) is 0 Å². The summed E-state index contributed by atoms with van der Waals surface area (Å²) in [6.45, 7) is 1.14. The molecule has 1 unspecified atom stereocenters. The van der Waals surface area contributed by atoms with Gasteiger partial charge < -0.3 is 15.4 Å². The van der Waals surface area contributed by atoms with Crippen molar-refractivity contribution in [3.8, 4) is 0 Å². The minimum absolute atomic E-state index is 0.0341. The monoisotopic (exact) mass is 364 g/mol. The molecule has 0 saturated carbocycles. The molecule has 5 nitrogen and oxygen atoms in total. The standard InChI is InChI=1S/C14H15Cl3N2O3/c15-14(16,17)13(21)19-11-6-2-1-5-10(11)12(20)18-8-9-4-3-7-22-9/h1-2,5-6,9H,3-4,7-8H2,(H,18,20)(H,19,21). The summed E-state index contributed by atoms with van der Waals surface area (Å²) < 4.78 is 3.35. The van der Waals surface area contributed by atoms with Crippen molar-refractivity contribution in [1.82, 2.24) is 5.32 Å². The van der Waals surface area contributed by atoms with Gasteiger partial charge in [0.15, 0.2) is 0 Å². The Bertz CT molecular complexity index is 555. The summed E-state index contributed by atoms with van der Waals surface area (Å²) in [5.74, 6) is -1.15. The Morgan fingerprint density at radius 2 is 2.00 bits per heavy atom. The van der Waals surface area contributed by atoms with Crippen LogP contribution in [0.15, 0.2) is 24.3 Å². The number of ether oxygens (including phenoxy) is 1. The van der Waals surface area contributed by atoms with Crippen molar-refractivity contribution in [2.24, 2.45) is 0 Å². The third kappa shape index (κ3) is 4.74. The Morgan fingerprint density at radius 1 is 1.27 bits per heavy atom. The summed E-state index contributed by atoms with van der Waals surface area (Å²) in [5.41, 5.74) is 0.576. The van der Waals surface area contributed by atoms with Crippen LogP contribution in [0, 0.1) is 0 Å². The molecule has 0 spiro atoms. The zero-order chi connectivity index (χ0) is 16.2. The van der Waals surface area contributed by atoms with Gasteiger partial charge in [-0.1, -0.05) is 46.9 Å². The molecular weight excluding hydrogens is 351 g/mol. The highest BCUT2D eigenvalue weighted by atomic mass is 35.6. The van der Waals surface area contributed by atoms with E-state index >= 15 is 0 Å². The fraction of sp³-hybridized carbons (Fsp3) is 0.429. The van der Waals surface area contributed by atoms with Crippen molar-refractivity contribution in [3.63, 3.8) is 0 Å². The van der Waals surface area contributed by atoms with Crippen molar-refractivity contribution >= 4 is 52.3 Å². The summed E-state index contributed by atoms with van der Waals surface area (Å²) >= 11 is 16.5. The summed E-state index contributed by atoms with van der Waals surface area (Å²) in [5, 5.41) is 5.21. The number of hydrogen-bond donors (Lipinski definition) is 2. The predicted octanol–water partition coefficient (Wildman–Crippen LogP) is 2.90. The van der Waals surface area contributed by atoms with Crippen molar-refractivity contribution in [1.29, 1.82) is 0 Å². The molecular formula is C14H15Cl3N2O3. The number of carbonyl (C=O) groups is 2. The minimum Gasteiger partial charge on any atom is -0.376 e. The lowest BCUT2D eigenvalue weighted by Crippen LogP contribution is -2.33. The van der Waals surface area contributed by atoms with Crippen LogP contribution in [0.5, 0.6) is 0 Å². The zero-order valence-electron chi connectivity index (χ0n) is 11.6. The molecule has 0 bridgehead atoms. The van der Waals surface area contributed by atoms with Crippen LogP contribution in [0.4, 0.5) is 5.69 Å². The minimum atomic E-state index is -2.10. The van der Waals surface area contributed by atoms with Crippen molar-refractivity contribution < 1.29 is 14.3 Å². The normalized spacial score (nSPS) is 18.0. The zero-order valence-corrected chi connectivity index (χ0v) is 13.8. The lowest BCUT2D eigenvalue weighted by molar-refractivity contribution is -0.115. The maximum Gasteiger partial charge on any atom is 0.276 e. The maximum absolute atomic E-state index is 12.2. The third-order valence-corrected chi connectivity index (χ3v) is 3.71. The molecule has 1 saturated heterocycles. The number of hydrogen-bond acceptors (Lipinski definition) is 3. The Morgan fingerprint density at radius 3 is 2.64 bits per heavy atom. The van der Waals surface area contributed by atoms with Crippen LogP contribution in [-0.4, -0.2) is 34.9 Å². The van der Waals surface area contributed by atoms with E-state index in [1.807, 2.05) is 0 Å². The van der Waals surface area contributed by atoms with E-state index in [0.717, 1.165) is 19.4 Å². The van der Waals surface area contributed by atoms with Crippen LogP contribution >= 0.6 is 34.8 Å². The molecule has 1 fully saturated rings. The van der Waals surface area contributed by atoms with Crippen LogP contribution in [0.1, 0.15) is 23.2 Å². The second kappa shape index (κ2) is 7.51. The number of carbonyl (C=O) groups excluding carboxylic acids is 2. The van der Waals surface area contributed by atoms with E-state index in [0.29, 0.717) is 12.1 Å². The SMILES string of the molecule is O=C(NCC1CCCO1)c1ccccc1NC(=O)C(Cl)(Cl)Cl. The molecule has 120 valence electrons. The molecule has 2 amide bonds. The Hall–Kier alpha value is -1.01. The number of para-hydroxylation sites is 1. The van der Waals surface area contributed by atoms with E-state index in [1.54, 1.807) is 24.3 Å². The van der Waals surface area contributed by atoms with Gasteiger partial charge in [-0.25, -0.2) is 0 Å². The van der Waals surface area contributed by atoms with Gasteiger partial charge in [0, 0.05) is 13.2 Å². The maximum atomic E-state index is 12.2. The van der Waals surface area contributed by atoms with E-state index in [-0.39, 0.29) is 17.7 Å². The smallest absolute Gasteiger partial charge is 0.276 e. The molecule has 0 aromatic heterocycles. The molecule has 1 heterocycles. The topological polar surface area (TPSA) is 67.4 Å². The van der Waals surface area contributed by atoms with E-state index in [9.17, 15) is 9.59 Å². The van der Waals surface area contributed by atoms with Crippen molar-refractivity contribution in [2.45, 2.75) is 22.7 Å². The van der Waals surface area contributed by atoms with E-state index in [1.165, 1.54) is 0 Å². The first-order valence-corrected chi connectivity index (χ1v) is 7.88. The first-order chi connectivity index (χ1) is 10.4.